The molecular formula is C17H17N3O4. The number of amides is 1. The van der Waals surface area contributed by atoms with Crippen molar-refractivity contribution in [3.63, 3.8) is 0 Å². The molecule has 0 aliphatic carbocycles. The summed E-state index contributed by atoms with van der Waals surface area (Å²) < 4.78 is 11.0. The van der Waals surface area contributed by atoms with Crippen molar-refractivity contribution in [1.29, 1.82) is 0 Å². The molecule has 0 aliphatic heterocycles. The molecule has 24 heavy (non-hydrogen) atoms. The molecule has 2 aromatic heterocycles. The van der Waals surface area contributed by atoms with Gasteiger partial charge in [0.1, 0.15) is 6.54 Å². The summed E-state index contributed by atoms with van der Waals surface area (Å²) in [4.78, 5) is 23.8. The minimum absolute atomic E-state index is 0.0408. The maximum absolute atomic E-state index is 12.1. The second-order valence-electron chi connectivity index (χ2n) is 5.63. The highest BCUT2D eigenvalue weighted by Crippen LogP contribution is 2.17. The molecule has 0 unspecified atom stereocenters. The molecule has 7 heteroatoms. The molecule has 3 aromatic rings. The van der Waals surface area contributed by atoms with Gasteiger partial charge in [0.25, 0.3) is 5.89 Å². The van der Waals surface area contributed by atoms with E-state index in [9.17, 15) is 9.59 Å². The summed E-state index contributed by atoms with van der Waals surface area (Å²) in [5.41, 5.74) is 1.84. The number of nitrogens with zero attached hydrogens (tertiary/aromatic N) is 2. The molecule has 0 spiro atoms. The van der Waals surface area contributed by atoms with Crippen LogP contribution in [0.1, 0.15) is 25.3 Å². The number of carbonyl (C=O) groups is 1. The van der Waals surface area contributed by atoms with Gasteiger partial charge in [-0.3, -0.25) is 4.79 Å². The molecule has 1 aromatic carbocycles. The Morgan fingerprint density at radius 1 is 1.25 bits per heavy atom. The molecule has 2 heterocycles. The molecule has 0 bridgehead atoms. The van der Waals surface area contributed by atoms with Gasteiger partial charge in [-0.15, -0.1) is 5.10 Å². The molecule has 1 amide bonds. The Hall–Kier alpha value is -3.09. The number of aromatic nitrogens is 2. The molecule has 0 saturated heterocycles. The van der Waals surface area contributed by atoms with Gasteiger partial charge in [-0.25, -0.2) is 4.79 Å². The summed E-state index contributed by atoms with van der Waals surface area (Å²) in [6.07, 6.45) is 1.45. The number of carbonyl (C=O) groups excluding carboxylic acids is 1. The maximum atomic E-state index is 12.1. The van der Waals surface area contributed by atoms with E-state index in [4.69, 9.17) is 8.83 Å². The van der Waals surface area contributed by atoms with Crippen LogP contribution < -0.4 is 11.1 Å². The molecule has 1 N–H and O–H groups in total. The molecule has 0 radical (unpaired) electrons. The first-order valence-corrected chi connectivity index (χ1v) is 7.54. The summed E-state index contributed by atoms with van der Waals surface area (Å²) in [6.45, 7) is 3.96. The van der Waals surface area contributed by atoms with Crippen molar-refractivity contribution in [3.8, 4) is 11.7 Å². The summed E-state index contributed by atoms with van der Waals surface area (Å²) in [5, 5.41) is 6.68. The second-order valence-corrected chi connectivity index (χ2v) is 5.63. The number of nitrogens with one attached hydrogen (secondary N) is 1. The first kappa shape index (κ1) is 15.8. The van der Waals surface area contributed by atoms with Gasteiger partial charge in [-0.1, -0.05) is 26.0 Å². The van der Waals surface area contributed by atoms with Gasteiger partial charge in [-0.05, 0) is 35.7 Å². The summed E-state index contributed by atoms with van der Waals surface area (Å²) in [6, 6.07) is 10.8. The van der Waals surface area contributed by atoms with Crippen LogP contribution in [-0.4, -0.2) is 15.7 Å². The van der Waals surface area contributed by atoms with E-state index in [0.717, 1.165) is 4.68 Å². The van der Waals surface area contributed by atoms with Gasteiger partial charge in [0.2, 0.25) is 5.91 Å². The van der Waals surface area contributed by atoms with Crippen LogP contribution in [0.2, 0.25) is 0 Å². The van der Waals surface area contributed by atoms with Crippen LogP contribution in [0.15, 0.2) is 56.3 Å². The van der Waals surface area contributed by atoms with E-state index in [1.54, 1.807) is 12.1 Å². The SMILES string of the molecule is CC(C)c1ccc(NC(=O)Cn2nc(-c3ccco3)oc2=O)cc1. The minimum Gasteiger partial charge on any atom is -0.459 e. The van der Waals surface area contributed by atoms with Crippen molar-refractivity contribution in [1.82, 2.24) is 9.78 Å². The zero-order valence-electron chi connectivity index (χ0n) is 13.4. The lowest BCUT2D eigenvalue weighted by atomic mass is 10.0. The van der Waals surface area contributed by atoms with E-state index >= 15 is 0 Å². The highest BCUT2D eigenvalue weighted by atomic mass is 16.4. The van der Waals surface area contributed by atoms with E-state index < -0.39 is 5.76 Å². The smallest absolute Gasteiger partial charge is 0.437 e. The van der Waals surface area contributed by atoms with Crippen molar-refractivity contribution >= 4 is 11.6 Å². The number of furan rings is 1. The van der Waals surface area contributed by atoms with E-state index in [1.807, 2.05) is 24.3 Å². The first-order valence-electron chi connectivity index (χ1n) is 7.54. The third-order valence-corrected chi connectivity index (χ3v) is 3.49. The summed E-state index contributed by atoms with van der Waals surface area (Å²) in [5.74, 6) is -0.293. The zero-order valence-corrected chi connectivity index (χ0v) is 13.4. The lowest BCUT2D eigenvalue weighted by molar-refractivity contribution is -0.117. The average Bonchev–Trinajstić information content (AvgIpc) is 3.18. The lowest BCUT2D eigenvalue weighted by Gasteiger charge is -2.08. The molecule has 0 aliphatic rings. The Kier molecular flexibility index (Phi) is 4.33. The quantitative estimate of drug-likeness (QED) is 0.778. The second kappa shape index (κ2) is 6.57. The van der Waals surface area contributed by atoms with Crippen LogP contribution in [0.25, 0.3) is 11.7 Å². The molecule has 124 valence electrons. The predicted molar refractivity (Wildman–Crippen MR) is 87.6 cm³/mol. The maximum Gasteiger partial charge on any atom is 0.437 e. The van der Waals surface area contributed by atoms with Gasteiger partial charge < -0.3 is 14.2 Å². The van der Waals surface area contributed by atoms with Crippen LogP contribution >= 0.6 is 0 Å². The van der Waals surface area contributed by atoms with E-state index in [-0.39, 0.29) is 18.3 Å². The standard InChI is InChI=1S/C17H17N3O4/c1-11(2)12-5-7-13(8-6-12)18-15(21)10-20-17(22)24-16(19-20)14-4-3-9-23-14/h3-9,11H,10H2,1-2H3,(H,18,21). The fourth-order valence-electron chi connectivity index (χ4n) is 2.19. The van der Waals surface area contributed by atoms with Crippen molar-refractivity contribution in [3.05, 3.63) is 58.8 Å². The molecular weight excluding hydrogens is 310 g/mol. The highest BCUT2D eigenvalue weighted by molar-refractivity contribution is 5.90. The van der Waals surface area contributed by atoms with Gasteiger partial charge in [-0.2, -0.15) is 4.68 Å². The molecule has 7 nitrogen and oxygen atoms in total. The molecule has 0 atom stereocenters. The topological polar surface area (TPSA) is 90.3 Å². The van der Waals surface area contributed by atoms with Crippen molar-refractivity contribution in [2.24, 2.45) is 0 Å². The van der Waals surface area contributed by atoms with E-state index in [2.05, 4.69) is 24.3 Å². The Balaban J connectivity index is 1.68. The number of rotatable bonds is 5. The Morgan fingerprint density at radius 3 is 2.62 bits per heavy atom. The average molecular weight is 327 g/mol. The minimum atomic E-state index is -0.716. The van der Waals surface area contributed by atoms with Gasteiger partial charge in [0, 0.05) is 5.69 Å². The first-order chi connectivity index (χ1) is 11.5. The summed E-state index contributed by atoms with van der Waals surface area (Å²) >= 11 is 0. The van der Waals surface area contributed by atoms with Crippen molar-refractivity contribution in [2.45, 2.75) is 26.3 Å². The largest absolute Gasteiger partial charge is 0.459 e. The number of hydrogen-bond donors (Lipinski definition) is 1. The monoisotopic (exact) mass is 327 g/mol. The van der Waals surface area contributed by atoms with Crippen molar-refractivity contribution in [2.75, 3.05) is 5.32 Å². The Bertz CT molecular complexity index is 873. The number of hydrogen-bond acceptors (Lipinski definition) is 5. The van der Waals surface area contributed by atoms with Crippen LogP contribution in [0.3, 0.4) is 0 Å². The summed E-state index contributed by atoms with van der Waals surface area (Å²) in [7, 11) is 0. The third-order valence-electron chi connectivity index (χ3n) is 3.49. The van der Waals surface area contributed by atoms with Gasteiger partial charge >= 0.3 is 5.76 Å². The van der Waals surface area contributed by atoms with Gasteiger partial charge in [0.05, 0.1) is 6.26 Å². The Labute approximate surface area is 137 Å². The fourth-order valence-corrected chi connectivity index (χ4v) is 2.19. The van der Waals surface area contributed by atoms with E-state index in [0.29, 0.717) is 17.4 Å². The van der Waals surface area contributed by atoms with Crippen LogP contribution in [0, 0.1) is 0 Å². The third kappa shape index (κ3) is 3.45. The van der Waals surface area contributed by atoms with E-state index in [1.165, 1.54) is 11.8 Å². The molecule has 0 saturated carbocycles. The Morgan fingerprint density at radius 2 is 2.00 bits per heavy atom. The van der Waals surface area contributed by atoms with Gasteiger partial charge in [0.15, 0.2) is 5.76 Å². The fraction of sp³-hybridized carbons (Fsp3) is 0.235. The lowest BCUT2D eigenvalue weighted by Crippen LogP contribution is -2.25. The number of benzene rings is 1. The molecule has 3 rings (SSSR count). The van der Waals surface area contributed by atoms with Crippen molar-refractivity contribution < 1.29 is 13.6 Å². The molecule has 0 fully saturated rings. The van der Waals surface area contributed by atoms with Crippen LogP contribution in [0.5, 0.6) is 0 Å². The normalized spacial score (nSPS) is 11.0. The highest BCUT2D eigenvalue weighted by Gasteiger charge is 2.15. The van der Waals surface area contributed by atoms with Crippen LogP contribution in [-0.2, 0) is 11.3 Å². The zero-order chi connectivity index (χ0) is 17.1. The number of anilines is 1. The van der Waals surface area contributed by atoms with Crippen LogP contribution in [0.4, 0.5) is 5.69 Å². The predicted octanol–water partition coefficient (Wildman–Crippen LogP) is 2.86.